The molecule has 0 aliphatic rings. The van der Waals surface area contributed by atoms with Gasteiger partial charge in [-0.2, -0.15) is 0 Å². The van der Waals surface area contributed by atoms with Gasteiger partial charge in [0.05, 0.1) is 21.9 Å². The van der Waals surface area contributed by atoms with Gasteiger partial charge in [0, 0.05) is 7.05 Å². The quantitative estimate of drug-likeness (QED) is 0.499. The molecule has 0 atom stereocenters. The van der Waals surface area contributed by atoms with E-state index in [9.17, 15) is 4.79 Å². The summed E-state index contributed by atoms with van der Waals surface area (Å²) in [7, 11) is 1.96. The zero-order valence-electron chi connectivity index (χ0n) is 13.1. The molecule has 110 valence electrons. The summed E-state index contributed by atoms with van der Waals surface area (Å²) in [6.45, 7) is 6.16. The molecule has 0 saturated heterocycles. The zero-order valence-corrected chi connectivity index (χ0v) is 13.1. The highest BCUT2D eigenvalue weighted by Crippen LogP contribution is 2.23. The van der Waals surface area contributed by atoms with Crippen LogP contribution in [0.2, 0.25) is 0 Å². The Morgan fingerprint density at radius 2 is 1.64 bits per heavy atom. The molecule has 0 bridgehead atoms. The molecule has 0 aliphatic carbocycles. The fraction of sp³-hybridized carbons (Fsp3) is 0.222. The minimum Gasteiger partial charge on any atom is -0.313 e. The van der Waals surface area contributed by atoms with Gasteiger partial charge in [-0.1, -0.05) is 6.07 Å². The third-order valence-electron chi connectivity index (χ3n) is 4.50. The van der Waals surface area contributed by atoms with Crippen molar-refractivity contribution < 1.29 is 0 Å². The van der Waals surface area contributed by atoms with Crippen molar-refractivity contribution in [3.8, 4) is 0 Å². The lowest BCUT2D eigenvalue weighted by Crippen LogP contribution is -2.15. The van der Waals surface area contributed by atoms with Crippen LogP contribution in [0.25, 0.3) is 27.7 Å². The number of nitrogens with zero attached hydrogens (tertiary/aromatic N) is 3. The molecule has 4 aromatic rings. The summed E-state index contributed by atoms with van der Waals surface area (Å²) in [6, 6.07) is 9.98. The maximum absolute atomic E-state index is 12.9. The maximum atomic E-state index is 12.9. The molecule has 0 amide bonds. The monoisotopic (exact) mass is 291 g/mol. The molecule has 4 heteroatoms. The number of aromatic nitrogens is 3. The molecule has 0 unspecified atom stereocenters. The van der Waals surface area contributed by atoms with Gasteiger partial charge in [-0.15, -0.1) is 0 Å². The van der Waals surface area contributed by atoms with Crippen molar-refractivity contribution in [3.63, 3.8) is 0 Å². The average Bonchev–Trinajstić information content (AvgIpc) is 2.73. The highest BCUT2D eigenvalue weighted by atomic mass is 16.1. The summed E-state index contributed by atoms with van der Waals surface area (Å²) in [5, 5.41) is 0.661. The predicted octanol–water partition coefficient (Wildman–Crippen LogP) is 3.26. The van der Waals surface area contributed by atoms with Gasteiger partial charge in [0.15, 0.2) is 0 Å². The lowest BCUT2D eigenvalue weighted by atomic mass is 10.1. The highest BCUT2D eigenvalue weighted by molar-refractivity contribution is 5.87. The zero-order chi connectivity index (χ0) is 15.6. The van der Waals surface area contributed by atoms with Crippen molar-refractivity contribution in [2.75, 3.05) is 0 Å². The fourth-order valence-electron chi connectivity index (χ4n) is 3.07. The van der Waals surface area contributed by atoms with Gasteiger partial charge in [-0.3, -0.25) is 4.79 Å². The van der Waals surface area contributed by atoms with E-state index in [0.717, 1.165) is 22.1 Å². The smallest absolute Gasteiger partial charge is 0.267 e. The molecule has 2 aromatic carbocycles. The number of aryl methyl sites for hydroxylation is 4. The summed E-state index contributed by atoms with van der Waals surface area (Å²) in [5.41, 5.74) is 6.19. The minimum atomic E-state index is -0.00569. The van der Waals surface area contributed by atoms with Crippen LogP contribution in [0.15, 0.2) is 35.1 Å². The molecule has 2 heterocycles. The van der Waals surface area contributed by atoms with E-state index in [2.05, 4.69) is 26.0 Å². The van der Waals surface area contributed by atoms with Crippen LogP contribution in [0.3, 0.4) is 0 Å². The molecule has 0 radical (unpaired) electrons. The van der Waals surface area contributed by atoms with Crippen LogP contribution in [0.1, 0.15) is 16.7 Å². The molecule has 4 nitrogen and oxygen atoms in total. The highest BCUT2D eigenvalue weighted by Gasteiger charge is 2.14. The third kappa shape index (κ3) is 1.58. The summed E-state index contributed by atoms with van der Waals surface area (Å²) in [5.74, 6) is 0.683. The molecule has 0 aliphatic heterocycles. The molecule has 0 saturated carbocycles. The van der Waals surface area contributed by atoms with Crippen molar-refractivity contribution in [1.29, 1.82) is 0 Å². The lowest BCUT2D eigenvalue weighted by Gasteiger charge is -2.02. The number of hydrogen-bond donors (Lipinski definition) is 0. The number of benzene rings is 2. The Balaban J connectivity index is 2.34. The molecule has 22 heavy (non-hydrogen) atoms. The Hall–Kier alpha value is -2.62. The molecular weight excluding hydrogens is 274 g/mol. The molecule has 4 rings (SSSR count). The van der Waals surface area contributed by atoms with Crippen molar-refractivity contribution in [3.05, 3.63) is 57.4 Å². The van der Waals surface area contributed by atoms with E-state index in [1.165, 1.54) is 11.1 Å². The van der Waals surface area contributed by atoms with Gasteiger partial charge in [0.2, 0.25) is 5.78 Å². The van der Waals surface area contributed by atoms with Crippen LogP contribution in [0, 0.1) is 20.8 Å². The lowest BCUT2D eigenvalue weighted by molar-refractivity contribution is 0.949. The van der Waals surface area contributed by atoms with Gasteiger partial charge in [0.1, 0.15) is 0 Å². The summed E-state index contributed by atoms with van der Waals surface area (Å²) in [6.07, 6.45) is 0. The van der Waals surface area contributed by atoms with Crippen LogP contribution in [-0.2, 0) is 7.05 Å². The van der Waals surface area contributed by atoms with Crippen molar-refractivity contribution in [1.82, 2.24) is 14.0 Å². The fourth-order valence-corrected chi connectivity index (χ4v) is 3.07. The second-order valence-corrected chi connectivity index (χ2v) is 6.06. The molecule has 0 spiro atoms. The average molecular weight is 291 g/mol. The SMILES string of the molecule is Cc1ccc2c(=O)n3c4cc(C)c(C)cc4n(C)c3nc2c1. The Labute approximate surface area is 127 Å². The Morgan fingerprint density at radius 1 is 0.955 bits per heavy atom. The molecular formula is C18H17N3O. The number of imidazole rings is 1. The van der Waals surface area contributed by atoms with E-state index in [4.69, 9.17) is 4.98 Å². The first-order valence-corrected chi connectivity index (χ1v) is 7.36. The van der Waals surface area contributed by atoms with E-state index < -0.39 is 0 Å². The van der Waals surface area contributed by atoms with E-state index in [0.29, 0.717) is 11.2 Å². The van der Waals surface area contributed by atoms with Gasteiger partial charge < -0.3 is 4.57 Å². The van der Waals surface area contributed by atoms with Crippen LogP contribution in [-0.4, -0.2) is 14.0 Å². The normalized spacial score (nSPS) is 11.8. The van der Waals surface area contributed by atoms with E-state index >= 15 is 0 Å². The first-order valence-electron chi connectivity index (χ1n) is 7.36. The van der Waals surface area contributed by atoms with Crippen LogP contribution in [0.4, 0.5) is 0 Å². The first-order chi connectivity index (χ1) is 10.5. The summed E-state index contributed by atoms with van der Waals surface area (Å²) in [4.78, 5) is 17.7. The second-order valence-electron chi connectivity index (χ2n) is 6.06. The predicted molar refractivity (Wildman–Crippen MR) is 89.7 cm³/mol. The van der Waals surface area contributed by atoms with Crippen molar-refractivity contribution in [2.24, 2.45) is 7.05 Å². The van der Waals surface area contributed by atoms with Crippen LogP contribution < -0.4 is 5.56 Å². The second kappa shape index (κ2) is 4.19. The Kier molecular flexibility index (Phi) is 2.49. The summed E-state index contributed by atoms with van der Waals surface area (Å²) >= 11 is 0. The first kappa shape index (κ1) is 13.1. The Morgan fingerprint density at radius 3 is 2.36 bits per heavy atom. The maximum Gasteiger partial charge on any atom is 0.267 e. The van der Waals surface area contributed by atoms with Gasteiger partial charge in [-0.25, -0.2) is 9.38 Å². The minimum absolute atomic E-state index is 0.00569. The topological polar surface area (TPSA) is 39.3 Å². The molecule has 2 aromatic heterocycles. The third-order valence-corrected chi connectivity index (χ3v) is 4.50. The standard InChI is InChI=1S/C18H17N3O/c1-10-5-6-13-14(7-10)19-18-20(4)15-8-11(2)12(3)9-16(15)21(18)17(13)22/h5-9H,1-4H3. The van der Waals surface area contributed by atoms with Gasteiger partial charge in [0.25, 0.3) is 5.56 Å². The molecule has 0 fully saturated rings. The van der Waals surface area contributed by atoms with E-state index in [1.807, 2.05) is 36.7 Å². The summed E-state index contributed by atoms with van der Waals surface area (Å²) < 4.78 is 3.71. The van der Waals surface area contributed by atoms with Gasteiger partial charge in [-0.05, 0) is 61.7 Å². The largest absolute Gasteiger partial charge is 0.313 e. The van der Waals surface area contributed by atoms with Crippen LogP contribution in [0.5, 0.6) is 0 Å². The number of hydrogen-bond acceptors (Lipinski definition) is 2. The van der Waals surface area contributed by atoms with Crippen molar-refractivity contribution >= 4 is 27.7 Å². The number of fused-ring (bicyclic) bond motifs is 4. The van der Waals surface area contributed by atoms with E-state index in [-0.39, 0.29) is 5.56 Å². The Bertz CT molecular complexity index is 1130. The molecule has 0 N–H and O–H groups in total. The van der Waals surface area contributed by atoms with E-state index in [1.54, 1.807) is 4.40 Å². The van der Waals surface area contributed by atoms with Gasteiger partial charge >= 0.3 is 0 Å². The van der Waals surface area contributed by atoms with Crippen LogP contribution >= 0.6 is 0 Å². The number of rotatable bonds is 0. The van der Waals surface area contributed by atoms with Crippen molar-refractivity contribution in [2.45, 2.75) is 20.8 Å².